The summed E-state index contributed by atoms with van der Waals surface area (Å²) < 4.78 is 0. The molecule has 0 saturated carbocycles. The van der Waals surface area contributed by atoms with Gasteiger partial charge in [0, 0.05) is 12.5 Å². The molecule has 0 heterocycles. The van der Waals surface area contributed by atoms with Crippen molar-refractivity contribution < 1.29 is 9.59 Å². The van der Waals surface area contributed by atoms with E-state index in [0.717, 1.165) is 0 Å². The van der Waals surface area contributed by atoms with Gasteiger partial charge in [-0.1, -0.05) is 0 Å². The molecule has 70 valence electrons. The monoisotopic (exact) mass is 173 g/mol. The molecule has 0 unspecified atom stereocenters. The Balaban J connectivity index is 3.68. The lowest BCUT2D eigenvalue weighted by atomic mass is 10.1. The summed E-state index contributed by atoms with van der Waals surface area (Å²) in [6.07, 6.45) is 0. The van der Waals surface area contributed by atoms with Gasteiger partial charge >= 0.3 is 6.03 Å². The van der Waals surface area contributed by atoms with Gasteiger partial charge in [0.05, 0.1) is 0 Å². The number of carbonyl (C=O) groups excluding carboxylic acids is 2. The summed E-state index contributed by atoms with van der Waals surface area (Å²) >= 11 is 0. The van der Waals surface area contributed by atoms with Gasteiger partial charge in [-0.2, -0.15) is 0 Å². The number of hydrogen-bond acceptors (Lipinski definition) is 2. The van der Waals surface area contributed by atoms with E-state index < -0.39 is 6.03 Å². The summed E-state index contributed by atoms with van der Waals surface area (Å²) in [4.78, 5) is 21.3. The standard InChI is InChI=1S/C7H15N3O2/c1-5(11)9-10-6(12)8-7(2,3)4/h1-4H3,(H,9,11)(H2,8,10,12). The Hall–Kier alpha value is -1.26. The van der Waals surface area contributed by atoms with Crippen LogP contribution in [0.3, 0.4) is 0 Å². The molecule has 0 aromatic carbocycles. The van der Waals surface area contributed by atoms with Crippen LogP contribution in [0.1, 0.15) is 27.7 Å². The summed E-state index contributed by atoms with van der Waals surface area (Å²) in [5.74, 6) is -0.306. The average molecular weight is 173 g/mol. The molecule has 5 heteroatoms. The topological polar surface area (TPSA) is 70.2 Å². The van der Waals surface area contributed by atoms with Gasteiger partial charge in [0.1, 0.15) is 0 Å². The van der Waals surface area contributed by atoms with Crippen LogP contribution in [0.5, 0.6) is 0 Å². The summed E-state index contributed by atoms with van der Waals surface area (Å²) in [5, 5.41) is 2.61. The van der Waals surface area contributed by atoms with Gasteiger partial charge in [-0.3, -0.25) is 10.2 Å². The molecular weight excluding hydrogens is 158 g/mol. The SMILES string of the molecule is CC(=O)NNC(=O)NC(C)(C)C. The second kappa shape index (κ2) is 3.94. The van der Waals surface area contributed by atoms with Crippen molar-refractivity contribution in [2.24, 2.45) is 0 Å². The third kappa shape index (κ3) is 6.85. The molecule has 0 aromatic heterocycles. The van der Waals surface area contributed by atoms with Crippen LogP contribution in [0, 0.1) is 0 Å². The first-order valence-electron chi connectivity index (χ1n) is 3.66. The molecule has 0 aliphatic heterocycles. The minimum atomic E-state index is -0.419. The molecule has 0 atom stereocenters. The first-order valence-corrected chi connectivity index (χ1v) is 3.66. The minimum absolute atomic E-state index is 0.303. The van der Waals surface area contributed by atoms with Crippen LogP contribution in [0.25, 0.3) is 0 Å². The number of amides is 3. The minimum Gasteiger partial charge on any atom is -0.332 e. The Morgan fingerprint density at radius 1 is 1.08 bits per heavy atom. The van der Waals surface area contributed by atoms with Crippen molar-refractivity contribution in [3.05, 3.63) is 0 Å². The van der Waals surface area contributed by atoms with Gasteiger partial charge in [-0.25, -0.2) is 10.2 Å². The fourth-order valence-corrected chi connectivity index (χ4v) is 0.517. The Kier molecular flexibility index (Phi) is 3.53. The lowest BCUT2D eigenvalue weighted by Crippen LogP contribution is -2.51. The number of nitrogens with one attached hydrogen (secondary N) is 3. The molecule has 3 N–H and O–H groups in total. The quantitative estimate of drug-likeness (QED) is 0.456. The summed E-state index contributed by atoms with van der Waals surface area (Å²) in [7, 11) is 0. The van der Waals surface area contributed by atoms with Crippen molar-refractivity contribution in [2.75, 3.05) is 0 Å². The van der Waals surface area contributed by atoms with Crippen LogP contribution in [-0.2, 0) is 4.79 Å². The predicted octanol–water partition coefficient (Wildman–Crippen LogP) is 0.135. The molecule has 0 aromatic rings. The smallest absolute Gasteiger partial charge is 0.332 e. The van der Waals surface area contributed by atoms with E-state index in [2.05, 4.69) is 16.2 Å². The van der Waals surface area contributed by atoms with Crippen molar-refractivity contribution in [2.45, 2.75) is 33.2 Å². The van der Waals surface area contributed by atoms with Crippen molar-refractivity contribution >= 4 is 11.9 Å². The van der Waals surface area contributed by atoms with Crippen LogP contribution in [-0.4, -0.2) is 17.5 Å². The van der Waals surface area contributed by atoms with Crippen LogP contribution in [0.4, 0.5) is 4.79 Å². The highest BCUT2D eigenvalue weighted by molar-refractivity contribution is 5.79. The number of carbonyl (C=O) groups is 2. The van der Waals surface area contributed by atoms with Gasteiger partial charge in [-0.15, -0.1) is 0 Å². The lowest BCUT2D eigenvalue weighted by Gasteiger charge is -2.20. The maximum Gasteiger partial charge on any atom is 0.333 e. The molecule has 0 aliphatic carbocycles. The maximum atomic E-state index is 10.9. The third-order valence-electron chi connectivity index (χ3n) is 0.841. The van der Waals surface area contributed by atoms with Gasteiger partial charge < -0.3 is 5.32 Å². The highest BCUT2D eigenvalue weighted by atomic mass is 16.2. The molecule has 0 rings (SSSR count). The zero-order chi connectivity index (χ0) is 9.78. The van der Waals surface area contributed by atoms with E-state index in [1.807, 2.05) is 20.8 Å². The van der Waals surface area contributed by atoms with Crippen LogP contribution in [0.15, 0.2) is 0 Å². The fourth-order valence-electron chi connectivity index (χ4n) is 0.517. The van der Waals surface area contributed by atoms with Crippen molar-refractivity contribution in [3.63, 3.8) is 0 Å². The van der Waals surface area contributed by atoms with Gasteiger partial charge in [0.25, 0.3) is 0 Å². The second-order valence-corrected chi connectivity index (χ2v) is 3.51. The number of rotatable bonds is 0. The zero-order valence-electron chi connectivity index (χ0n) is 7.82. The third-order valence-corrected chi connectivity index (χ3v) is 0.841. The molecule has 0 aliphatic rings. The summed E-state index contributed by atoms with van der Waals surface area (Å²) in [5.41, 5.74) is 4.05. The van der Waals surface area contributed by atoms with E-state index in [9.17, 15) is 9.59 Å². The maximum absolute atomic E-state index is 10.9. The van der Waals surface area contributed by atoms with Crippen LogP contribution >= 0.6 is 0 Å². The normalized spacial score (nSPS) is 10.3. The number of hydrogen-bond donors (Lipinski definition) is 3. The van der Waals surface area contributed by atoms with E-state index in [4.69, 9.17) is 0 Å². The fraction of sp³-hybridized carbons (Fsp3) is 0.714. The van der Waals surface area contributed by atoms with E-state index in [0.29, 0.717) is 0 Å². The van der Waals surface area contributed by atoms with Crippen molar-refractivity contribution in [1.29, 1.82) is 0 Å². The first-order chi connectivity index (χ1) is 5.31. The molecule has 0 saturated heterocycles. The summed E-state index contributed by atoms with van der Waals surface area (Å²) in [6.45, 7) is 6.86. The lowest BCUT2D eigenvalue weighted by molar-refractivity contribution is -0.119. The molecule has 0 spiro atoms. The Morgan fingerprint density at radius 2 is 1.58 bits per heavy atom. The molecule has 5 nitrogen and oxygen atoms in total. The molecule has 0 bridgehead atoms. The Morgan fingerprint density at radius 3 is 1.92 bits per heavy atom. The predicted molar refractivity (Wildman–Crippen MR) is 45.2 cm³/mol. The van der Waals surface area contributed by atoms with E-state index in [-0.39, 0.29) is 11.4 Å². The van der Waals surface area contributed by atoms with E-state index in [1.165, 1.54) is 6.92 Å². The van der Waals surface area contributed by atoms with Gasteiger partial charge in [0.15, 0.2) is 0 Å². The van der Waals surface area contributed by atoms with E-state index >= 15 is 0 Å². The number of urea groups is 1. The molecular formula is C7H15N3O2. The Bertz CT molecular complexity index is 184. The second-order valence-electron chi connectivity index (χ2n) is 3.51. The van der Waals surface area contributed by atoms with Crippen molar-refractivity contribution in [1.82, 2.24) is 16.2 Å². The van der Waals surface area contributed by atoms with Crippen molar-refractivity contribution in [3.8, 4) is 0 Å². The zero-order valence-corrected chi connectivity index (χ0v) is 7.82. The van der Waals surface area contributed by atoms with Gasteiger partial charge in [0.2, 0.25) is 5.91 Å². The first kappa shape index (κ1) is 10.7. The van der Waals surface area contributed by atoms with E-state index in [1.54, 1.807) is 0 Å². The summed E-state index contributed by atoms with van der Waals surface area (Å²) in [6, 6.07) is -0.419. The van der Waals surface area contributed by atoms with Crippen LogP contribution < -0.4 is 16.2 Å². The molecule has 0 fully saturated rings. The number of hydrazine groups is 1. The van der Waals surface area contributed by atoms with Gasteiger partial charge in [-0.05, 0) is 20.8 Å². The van der Waals surface area contributed by atoms with Crippen LogP contribution in [0.2, 0.25) is 0 Å². The largest absolute Gasteiger partial charge is 0.333 e. The highest BCUT2D eigenvalue weighted by Crippen LogP contribution is 1.96. The molecule has 0 radical (unpaired) electrons. The molecule has 3 amide bonds. The molecule has 12 heavy (non-hydrogen) atoms. The highest BCUT2D eigenvalue weighted by Gasteiger charge is 2.12. The Labute approximate surface area is 71.9 Å². The average Bonchev–Trinajstić information content (AvgIpc) is 1.79.